The molecule has 6 nitrogen and oxygen atoms in total. The summed E-state index contributed by atoms with van der Waals surface area (Å²) in [6, 6.07) is 9.26. The maximum Gasteiger partial charge on any atom is 0.273 e. The second kappa shape index (κ2) is 9.97. The Balaban J connectivity index is 1.60. The lowest BCUT2D eigenvalue weighted by atomic mass is 9.81. The average Bonchev–Trinajstić information content (AvgIpc) is 3.55. The molecule has 0 N–H and O–H groups in total. The van der Waals surface area contributed by atoms with Crippen LogP contribution in [0.1, 0.15) is 46.4 Å². The third-order valence-corrected chi connectivity index (χ3v) is 8.81. The van der Waals surface area contributed by atoms with Crippen molar-refractivity contribution in [3.63, 3.8) is 0 Å². The first-order chi connectivity index (χ1) is 17.2. The van der Waals surface area contributed by atoms with E-state index in [9.17, 15) is 19.2 Å². The van der Waals surface area contributed by atoms with Crippen molar-refractivity contribution in [2.75, 3.05) is 5.88 Å². The maximum atomic E-state index is 14.0. The molecule has 0 spiro atoms. The van der Waals surface area contributed by atoms with Crippen LogP contribution in [-0.4, -0.2) is 45.4 Å². The van der Waals surface area contributed by atoms with E-state index in [4.69, 9.17) is 46.4 Å². The molecule has 188 valence electrons. The summed E-state index contributed by atoms with van der Waals surface area (Å²) in [5.74, 6) is -2.73. The molecule has 2 saturated carbocycles. The number of halogens is 4. The highest BCUT2D eigenvalue weighted by molar-refractivity contribution is 6.42. The van der Waals surface area contributed by atoms with Crippen LogP contribution >= 0.6 is 46.4 Å². The molecule has 1 saturated heterocycles. The SMILES string of the molecule is O=C(c1ccc(Cl)cc1)[C@H](CCCl)N(C(=O)c1ccc(Cl)c(Cl)c1)N1C(=O)[C@H]2[C@H]3CC[C@@H](C3)[C@@H]2C1=O. The summed E-state index contributed by atoms with van der Waals surface area (Å²) in [5, 5.41) is 2.73. The molecule has 0 aromatic heterocycles. The molecule has 1 heterocycles. The molecular formula is C26H22Cl4N2O4. The van der Waals surface area contributed by atoms with Gasteiger partial charge in [-0.1, -0.05) is 34.8 Å². The van der Waals surface area contributed by atoms with Crippen LogP contribution in [0.15, 0.2) is 42.5 Å². The van der Waals surface area contributed by atoms with Crippen molar-refractivity contribution in [1.29, 1.82) is 0 Å². The number of hydrazine groups is 1. The van der Waals surface area contributed by atoms with Crippen LogP contribution in [0.2, 0.25) is 15.1 Å². The van der Waals surface area contributed by atoms with E-state index in [-0.39, 0.29) is 45.3 Å². The number of rotatable bonds is 7. The van der Waals surface area contributed by atoms with Gasteiger partial charge in [-0.15, -0.1) is 11.6 Å². The normalized spacial score (nSPS) is 25.3. The molecule has 1 aliphatic heterocycles. The van der Waals surface area contributed by atoms with Gasteiger partial charge in [0.05, 0.1) is 21.9 Å². The minimum atomic E-state index is -1.20. The molecule has 5 rings (SSSR count). The van der Waals surface area contributed by atoms with E-state index in [1.54, 1.807) is 12.1 Å². The summed E-state index contributed by atoms with van der Waals surface area (Å²) < 4.78 is 0. The van der Waals surface area contributed by atoms with Gasteiger partial charge in [0.15, 0.2) is 5.78 Å². The quantitative estimate of drug-likeness (QED) is 0.236. The van der Waals surface area contributed by atoms with Gasteiger partial charge in [0.25, 0.3) is 17.7 Å². The number of carbonyl (C=O) groups excluding carboxylic acids is 4. The van der Waals surface area contributed by atoms with Gasteiger partial charge in [0, 0.05) is 22.0 Å². The van der Waals surface area contributed by atoms with E-state index in [1.807, 2.05) is 0 Å². The van der Waals surface area contributed by atoms with Gasteiger partial charge in [0.2, 0.25) is 0 Å². The Morgan fingerprint density at radius 1 is 0.889 bits per heavy atom. The van der Waals surface area contributed by atoms with Crippen LogP contribution in [0, 0.1) is 23.7 Å². The first-order valence-electron chi connectivity index (χ1n) is 11.7. The molecule has 2 bridgehead atoms. The van der Waals surface area contributed by atoms with Gasteiger partial charge < -0.3 is 0 Å². The lowest BCUT2D eigenvalue weighted by molar-refractivity contribution is -0.157. The second-order valence-corrected chi connectivity index (χ2v) is 11.1. The molecule has 5 atom stereocenters. The molecule has 0 unspecified atom stereocenters. The molecular weight excluding hydrogens is 546 g/mol. The molecule has 3 aliphatic rings. The number of nitrogens with zero attached hydrogens (tertiary/aromatic N) is 2. The number of imide groups is 1. The van der Waals surface area contributed by atoms with Gasteiger partial charge in [-0.25, -0.2) is 5.01 Å². The fraction of sp³-hybridized carbons (Fsp3) is 0.385. The Morgan fingerprint density at radius 3 is 2.03 bits per heavy atom. The molecule has 3 fully saturated rings. The summed E-state index contributed by atoms with van der Waals surface area (Å²) in [5.41, 5.74) is 0.370. The van der Waals surface area contributed by atoms with Gasteiger partial charge in [-0.05, 0) is 80.0 Å². The third-order valence-electron chi connectivity index (χ3n) is 7.60. The number of hydrogen-bond donors (Lipinski definition) is 0. The Labute approximate surface area is 228 Å². The van der Waals surface area contributed by atoms with E-state index >= 15 is 0 Å². The van der Waals surface area contributed by atoms with E-state index in [2.05, 4.69) is 0 Å². The first kappa shape index (κ1) is 25.5. The van der Waals surface area contributed by atoms with Crippen molar-refractivity contribution < 1.29 is 19.2 Å². The largest absolute Gasteiger partial charge is 0.292 e. The molecule has 10 heteroatoms. The molecule has 2 aliphatic carbocycles. The summed E-state index contributed by atoms with van der Waals surface area (Å²) >= 11 is 24.3. The predicted octanol–water partition coefficient (Wildman–Crippen LogP) is 5.92. The van der Waals surface area contributed by atoms with Crippen molar-refractivity contribution in [3.05, 3.63) is 68.7 Å². The number of ketones is 1. The van der Waals surface area contributed by atoms with Gasteiger partial charge in [-0.2, -0.15) is 5.01 Å². The zero-order chi connectivity index (χ0) is 25.7. The van der Waals surface area contributed by atoms with E-state index in [0.29, 0.717) is 5.02 Å². The number of carbonyl (C=O) groups is 4. The van der Waals surface area contributed by atoms with E-state index in [1.165, 1.54) is 30.3 Å². The Bertz CT molecular complexity index is 1220. The molecule has 0 radical (unpaired) electrons. The smallest absolute Gasteiger partial charge is 0.273 e. The number of Topliss-reactive ketones (excluding diaryl/α,β-unsaturated/α-hetero) is 1. The van der Waals surface area contributed by atoms with Crippen LogP contribution < -0.4 is 0 Å². The Morgan fingerprint density at radius 2 is 1.47 bits per heavy atom. The molecule has 2 aromatic carbocycles. The highest BCUT2D eigenvalue weighted by Crippen LogP contribution is 2.56. The number of benzene rings is 2. The van der Waals surface area contributed by atoms with Crippen molar-refractivity contribution >= 4 is 69.9 Å². The third kappa shape index (κ3) is 4.22. The fourth-order valence-corrected chi connectivity index (χ4v) is 6.64. The van der Waals surface area contributed by atoms with Crippen LogP contribution in [0.4, 0.5) is 0 Å². The van der Waals surface area contributed by atoms with E-state index in [0.717, 1.165) is 29.3 Å². The Hall–Kier alpha value is -2.12. The van der Waals surface area contributed by atoms with Gasteiger partial charge >= 0.3 is 0 Å². The predicted molar refractivity (Wildman–Crippen MR) is 137 cm³/mol. The fourth-order valence-electron chi connectivity index (χ4n) is 6.01. The summed E-state index contributed by atoms with van der Waals surface area (Å²) in [4.78, 5) is 55.1. The summed E-state index contributed by atoms with van der Waals surface area (Å²) in [7, 11) is 0. The number of amides is 3. The first-order valence-corrected chi connectivity index (χ1v) is 13.4. The summed E-state index contributed by atoms with van der Waals surface area (Å²) in [6.07, 6.45) is 2.63. The van der Waals surface area contributed by atoms with Gasteiger partial charge in [-0.3, -0.25) is 19.2 Å². The molecule has 36 heavy (non-hydrogen) atoms. The zero-order valence-electron chi connectivity index (χ0n) is 19.0. The number of alkyl halides is 1. The van der Waals surface area contributed by atoms with Crippen LogP contribution in [0.3, 0.4) is 0 Å². The number of hydrogen-bond acceptors (Lipinski definition) is 4. The second-order valence-electron chi connectivity index (χ2n) is 9.52. The maximum absolute atomic E-state index is 14.0. The minimum Gasteiger partial charge on any atom is -0.292 e. The highest BCUT2D eigenvalue weighted by atomic mass is 35.5. The highest BCUT2D eigenvalue weighted by Gasteiger charge is 2.63. The van der Waals surface area contributed by atoms with Crippen molar-refractivity contribution in [3.8, 4) is 0 Å². The lowest BCUT2D eigenvalue weighted by Crippen LogP contribution is -2.58. The zero-order valence-corrected chi connectivity index (χ0v) is 22.0. The molecule has 2 aromatic rings. The molecule has 3 amide bonds. The standard InChI is InChI=1S/C26H22Cl4N2O4/c27-10-9-20(23(33)13-3-6-17(28)7-4-13)31(24(34)16-5-8-18(29)19(30)12-16)32-25(35)21-14-1-2-15(11-14)22(21)26(32)36/h3-8,12,14-15,20-22H,1-2,9-11H2/t14-,15-,20-,21-,22-/m0/s1. The van der Waals surface area contributed by atoms with Crippen molar-refractivity contribution in [2.24, 2.45) is 23.7 Å². The topological polar surface area (TPSA) is 74.8 Å². The van der Waals surface area contributed by atoms with Crippen LogP contribution in [-0.2, 0) is 9.59 Å². The Kier molecular flexibility index (Phi) is 7.07. The summed E-state index contributed by atoms with van der Waals surface area (Å²) in [6.45, 7) is 0. The van der Waals surface area contributed by atoms with E-state index < -0.39 is 41.4 Å². The monoisotopic (exact) mass is 566 g/mol. The van der Waals surface area contributed by atoms with Gasteiger partial charge in [0.1, 0.15) is 6.04 Å². The number of fused-ring (bicyclic) bond motifs is 5. The average molecular weight is 568 g/mol. The van der Waals surface area contributed by atoms with Crippen LogP contribution in [0.5, 0.6) is 0 Å². The van der Waals surface area contributed by atoms with Crippen molar-refractivity contribution in [1.82, 2.24) is 10.0 Å². The van der Waals surface area contributed by atoms with Crippen LogP contribution in [0.25, 0.3) is 0 Å². The minimum absolute atomic E-state index is 0.0173. The van der Waals surface area contributed by atoms with Crippen molar-refractivity contribution in [2.45, 2.75) is 31.7 Å². The lowest BCUT2D eigenvalue weighted by Gasteiger charge is -2.36.